The van der Waals surface area contributed by atoms with E-state index in [0.717, 1.165) is 16.5 Å². The van der Waals surface area contributed by atoms with Crippen molar-refractivity contribution in [3.63, 3.8) is 0 Å². The van der Waals surface area contributed by atoms with Gasteiger partial charge in [-0.1, -0.05) is 48.2 Å². The third kappa shape index (κ3) is 3.98. The third-order valence-corrected chi connectivity index (χ3v) is 5.42. The molecule has 140 valence electrons. The Morgan fingerprint density at radius 2 is 1.89 bits per heavy atom. The van der Waals surface area contributed by atoms with E-state index in [1.54, 1.807) is 20.0 Å². The van der Waals surface area contributed by atoms with Crippen LogP contribution in [0, 0.1) is 0 Å². The van der Waals surface area contributed by atoms with E-state index in [-0.39, 0.29) is 5.91 Å². The van der Waals surface area contributed by atoms with Gasteiger partial charge in [0, 0.05) is 17.8 Å². The van der Waals surface area contributed by atoms with Crippen molar-refractivity contribution in [3.8, 4) is 5.69 Å². The van der Waals surface area contributed by atoms with Crippen LogP contribution in [0.25, 0.3) is 16.5 Å². The molecule has 0 spiro atoms. The van der Waals surface area contributed by atoms with Crippen LogP contribution < -0.4 is 5.32 Å². The number of hydrogen-bond acceptors (Lipinski definition) is 4. The van der Waals surface area contributed by atoms with E-state index in [9.17, 15) is 9.59 Å². The van der Waals surface area contributed by atoms with Crippen molar-refractivity contribution < 1.29 is 14.7 Å². The monoisotopic (exact) mass is 383 g/mol. The number of imidazole rings is 1. The van der Waals surface area contributed by atoms with Crippen molar-refractivity contribution in [1.82, 2.24) is 14.9 Å². The zero-order chi connectivity index (χ0) is 19.6. The van der Waals surface area contributed by atoms with Crippen LogP contribution in [0.2, 0.25) is 0 Å². The summed E-state index contributed by atoms with van der Waals surface area (Å²) in [6.45, 7) is 4.95. The number of aromatic nitrogens is 2. The maximum atomic E-state index is 12.5. The van der Waals surface area contributed by atoms with Gasteiger partial charge >= 0.3 is 5.97 Å². The highest BCUT2D eigenvalue weighted by molar-refractivity contribution is 8.01. The first kappa shape index (κ1) is 19.0. The zero-order valence-electron chi connectivity index (χ0n) is 15.3. The molecule has 7 heteroatoms. The molecule has 3 rings (SSSR count). The number of carbonyl (C=O) groups is 2. The first-order chi connectivity index (χ1) is 12.8. The molecule has 0 saturated heterocycles. The number of hydrogen-bond donors (Lipinski definition) is 2. The second-order valence-electron chi connectivity index (χ2n) is 6.72. The number of carboxylic acids is 1. The van der Waals surface area contributed by atoms with Gasteiger partial charge in [0.25, 0.3) is 0 Å². The van der Waals surface area contributed by atoms with Gasteiger partial charge in [-0.3, -0.25) is 14.2 Å². The molecule has 0 saturated carbocycles. The lowest BCUT2D eigenvalue weighted by Crippen LogP contribution is -2.47. The Balaban J connectivity index is 1.91. The third-order valence-electron chi connectivity index (χ3n) is 4.24. The summed E-state index contributed by atoms with van der Waals surface area (Å²) in [7, 11) is 0. The Morgan fingerprint density at radius 1 is 1.19 bits per heavy atom. The van der Waals surface area contributed by atoms with Crippen LogP contribution in [0.5, 0.6) is 0 Å². The summed E-state index contributed by atoms with van der Waals surface area (Å²) in [5, 5.41) is 14.4. The number of aliphatic carboxylic acids is 1. The SMILES string of the molecule is CC(NC(=O)C(C)(C)Sc1nccn1-c1cccc2ccccc12)C(=O)O. The molecule has 0 fully saturated rings. The summed E-state index contributed by atoms with van der Waals surface area (Å²) in [4.78, 5) is 27.9. The highest BCUT2D eigenvalue weighted by Crippen LogP contribution is 2.34. The Morgan fingerprint density at radius 3 is 2.63 bits per heavy atom. The lowest BCUT2D eigenvalue weighted by molar-refractivity contribution is -0.141. The Bertz CT molecular complexity index is 992. The largest absolute Gasteiger partial charge is 0.480 e. The zero-order valence-corrected chi connectivity index (χ0v) is 16.2. The van der Waals surface area contributed by atoms with Crippen LogP contribution in [0.3, 0.4) is 0 Å². The van der Waals surface area contributed by atoms with E-state index >= 15 is 0 Å². The molecule has 0 aliphatic carbocycles. The van der Waals surface area contributed by atoms with E-state index in [1.807, 2.05) is 53.2 Å². The first-order valence-corrected chi connectivity index (χ1v) is 9.35. The Kier molecular flexibility index (Phi) is 5.23. The molecule has 0 radical (unpaired) electrons. The van der Waals surface area contributed by atoms with Crippen LogP contribution in [0.1, 0.15) is 20.8 Å². The minimum absolute atomic E-state index is 0.352. The normalized spacial score (nSPS) is 12.7. The average Bonchev–Trinajstić information content (AvgIpc) is 3.08. The topological polar surface area (TPSA) is 84.2 Å². The molecule has 2 N–H and O–H groups in total. The average molecular weight is 383 g/mol. The number of amides is 1. The number of fused-ring (bicyclic) bond motifs is 1. The van der Waals surface area contributed by atoms with Crippen molar-refractivity contribution in [3.05, 3.63) is 54.9 Å². The van der Waals surface area contributed by atoms with Crippen molar-refractivity contribution in [2.45, 2.75) is 36.7 Å². The highest BCUT2D eigenvalue weighted by atomic mass is 32.2. The Hall–Kier alpha value is -2.80. The summed E-state index contributed by atoms with van der Waals surface area (Å²) in [5.74, 6) is -1.42. The van der Waals surface area contributed by atoms with E-state index in [1.165, 1.54) is 18.7 Å². The molecular formula is C20H21N3O3S. The molecule has 0 aliphatic heterocycles. The van der Waals surface area contributed by atoms with Gasteiger partial charge in [0.1, 0.15) is 6.04 Å². The van der Waals surface area contributed by atoms with Crippen molar-refractivity contribution >= 4 is 34.4 Å². The summed E-state index contributed by atoms with van der Waals surface area (Å²) >= 11 is 1.29. The fraction of sp³-hybridized carbons (Fsp3) is 0.250. The molecule has 1 aromatic heterocycles. The number of carboxylic acid groups (broad SMARTS) is 1. The lowest BCUT2D eigenvalue weighted by Gasteiger charge is -2.24. The van der Waals surface area contributed by atoms with Gasteiger partial charge in [-0.15, -0.1) is 0 Å². The number of nitrogens with zero attached hydrogens (tertiary/aromatic N) is 2. The number of nitrogens with one attached hydrogen (secondary N) is 1. The molecule has 0 aliphatic rings. The van der Waals surface area contributed by atoms with E-state index < -0.39 is 16.8 Å². The van der Waals surface area contributed by atoms with Crippen molar-refractivity contribution in [2.24, 2.45) is 0 Å². The van der Waals surface area contributed by atoms with Crippen molar-refractivity contribution in [1.29, 1.82) is 0 Å². The van der Waals surface area contributed by atoms with Gasteiger partial charge in [0.05, 0.1) is 10.4 Å². The highest BCUT2D eigenvalue weighted by Gasteiger charge is 2.33. The first-order valence-electron chi connectivity index (χ1n) is 8.54. The predicted octanol–water partition coefficient (Wildman–Crippen LogP) is 3.49. The van der Waals surface area contributed by atoms with Gasteiger partial charge in [0.2, 0.25) is 5.91 Å². The summed E-state index contributed by atoms with van der Waals surface area (Å²) in [6.07, 6.45) is 3.55. The van der Waals surface area contributed by atoms with E-state index in [0.29, 0.717) is 5.16 Å². The number of rotatable bonds is 6. The smallest absolute Gasteiger partial charge is 0.325 e. The standard InChI is InChI=1S/C20H21N3O3S/c1-13(17(24)25)22-18(26)20(2,3)27-19-21-11-12-23(19)16-10-6-8-14-7-4-5-9-15(14)16/h4-13H,1-3H3,(H,22,26)(H,24,25). The minimum Gasteiger partial charge on any atom is -0.480 e. The fourth-order valence-electron chi connectivity index (χ4n) is 2.67. The summed E-state index contributed by atoms with van der Waals surface area (Å²) < 4.78 is 1.06. The maximum Gasteiger partial charge on any atom is 0.325 e. The second-order valence-corrected chi connectivity index (χ2v) is 8.31. The van der Waals surface area contributed by atoms with Crippen LogP contribution in [-0.2, 0) is 9.59 Å². The Labute approximate surface area is 161 Å². The molecule has 6 nitrogen and oxygen atoms in total. The number of carbonyl (C=O) groups excluding carboxylic acids is 1. The fourth-order valence-corrected chi connectivity index (χ4v) is 3.65. The molecule has 1 unspecified atom stereocenters. The lowest BCUT2D eigenvalue weighted by atomic mass is 10.1. The maximum absolute atomic E-state index is 12.5. The molecule has 1 amide bonds. The molecular weight excluding hydrogens is 362 g/mol. The molecule has 2 aromatic carbocycles. The van der Waals surface area contributed by atoms with Gasteiger partial charge < -0.3 is 10.4 Å². The van der Waals surface area contributed by atoms with Crippen LogP contribution in [0.4, 0.5) is 0 Å². The minimum atomic E-state index is -1.07. The van der Waals surface area contributed by atoms with E-state index in [4.69, 9.17) is 5.11 Å². The van der Waals surface area contributed by atoms with E-state index in [2.05, 4.69) is 10.3 Å². The molecule has 1 heterocycles. The number of benzene rings is 2. The number of thioether (sulfide) groups is 1. The molecule has 0 bridgehead atoms. The summed E-state index contributed by atoms with van der Waals surface area (Å²) in [5.41, 5.74) is 0.975. The van der Waals surface area contributed by atoms with Crippen LogP contribution in [0.15, 0.2) is 60.0 Å². The second kappa shape index (κ2) is 7.44. The van der Waals surface area contributed by atoms with Gasteiger partial charge in [-0.25, -0.2) is 4.98 Å². The van der Waals surface area contributed by atoms with Gasteiger partial charge in [0.15, 0.2) is 5.16 Å². The summed E-state index contributed by atoms with van der Waals surface area (Å²) in [6, 6.07) is 13.2. The van der Waals surface area contributed by atoms with Gasteiger partial charge in [-0.2, -0.15) is 0 Å². The van der Waals surface area contributed by atoms with Crippen LogP contribution in [-0.4, -0.2) is 37.3 Å². The molecule has 1 atom stereocenters. The molecule has 27 heavy (non-hydrogen) atoms. The van der Waals surface area contributed by atoms with Crippen molar-refractivity contribution in [2.75, 3.05) is 0 Å². The van der Waals surface area contributed by atoms with Gasteiger partial charge in [-0.05, 0) is 32.2 Å². The molecule has 3 aromatic rings. The van der Waals surface area contributed by atoms with Crippen LogP contribution >= 0.6 is 11.8 Å². The predicted molar refractivity (Wildman–Crippen MR) is 106 cm³/mol. The quantitative estimate of drug-likeness (QED) is 0.637.